The van der Waals surface area contributed by atoms with Crippen molar-refractivity contribution in [3.05, 3.63) is 29.6 Å². The molecule has 0 saturated carbocycles. The second kappa shape index (κ2) is 11.4. The van der Waals surface area contributed by atoms with Crippen LogP contribution in [0.4, 0.5) is 4.39 Å². The van der Waals surface area contributed by atoms with E-state index >= 15 is 0 Å². The number of nitrogens with one attached hydrogen (secondary N) is 1. The van der Waals surface area contributed by atoms with Crippen LogP contribution in [-0.4, -0.2) is 25.5 Å². The van der Waals surface area contributed by atoms with Gasteiger partial charge in [-0.25, -0.2) is 4.39 Å². The third-order valence-corrected chi connectivity index (χ3v) is 2.56. The van der Waals surface area contributed by atoms with Gasteiger partial charge >= 0.3 is 0 Å². The fourth-order valence-electron chi connectivity index (χ4n) is 1.56. The topological polar surface area (TPSA) is 38.3 Å². The minimum absolute atomic E-state index is 0. The lowest BCUT2D eigenvalue weighted by Crippen LogP contribution is -2.20. The maximum absolute atomic E-state index is 13.5. The van der Waals surface area contributed by atoms with Gasteiger partial charge < -0.3 is 14.8 Å². The van der Waals surface area contributed by atoms with Crippen LogP contribution in [0.3, 0.4) is 0 Å². The van der Waals surface area contributed by atoms with E-state index in [0.717, 1.165) is 13.1 Å². The molecule has 0 heterocycles. The first kappa shape index (κ1) is 18.6. The van der Waals surface area contributed by atoms with Crippen LogP contribution in [-0.2, 0) is 11.2 Å². The molecular weight excluding hydrogens is 257 g/mol. The van der Waals surface area contributed by atoms with Crippen molar-refractivity contribution in [1.29, 1.82) is 0 Å². The number of hydrogen-bond acceptors (Lipinski definition) is 3. The SMILES string of the molecule is CC.CCNCCOc1ccc(F)c(CCC(C)=O)c1.[HH]. The Morgan fingerprint density at radius 3 is 2.70 bits per heavy atom. The van der Waals surface area contributed by atoms with E-state index in [1.807, 2.05) is 20.8 Å². The molecule has 0 spiro atoms. The molecule has 116 valence electrons. The number of likely N-dealkylation sites (N-methyl/N-ethyl adjacent to an activating group) is 1. The zero-order valence-electron chi connectivity index (χ0n) is 13.0. The van der Waals surface area contributed by atoms with E-state index < -0.39 is 0 Å². The molecule has 0 aliphatic heterocycles. The third kappa shape index (κ3) is 7.89. The van der Waals surface area contributed by atoms with Crippen molar-refractivity contribution in [3.8, 4) is 5.75 Å². The van der Waals surface area contributed by atoms with Crippen LogP contribution >= 0.6 is 0 Å². The molecule has 0 atom stereocenters. The van der Waals surface area contributed by atoms with E-state index in [9.17, 15) is 9.18 Å². The van der Waals surface area contributed by atoms with Gasteiger partial charge in [-0.3, -0.25) is 0 Å². The molecule has 20 heavy (non-hydrogen) atoms. The Hall–Kier alpha value is -1.42. The highest BCUT2D eigenvalue weighted by Crippen LogP contribution is 2.18. The standard InChI is InChI=1S/C14H20FNO2.C2H6.H2/c1-3-16-8-9-18-13-6-7-14(15)12(10-13)5-4-11(2)17;1-2;/h6-7,10,16H,3-5,8-9H2,1-2H3;1-2H3;1H. The summed E-state index contributed by atoms with van der Waals surface area (Å²) in [5.74, 6) is 0.427. The van der Waals surface area contributed by atoms with Crippen LogP contribution in [0.5, 0.6) is 5.75 Å². The van der Waals surface area contributed by atoms with E-state index in [0.29, 0.717) is 30.8 Å². The number of hydrogen-bond donors (Lipinski definition) is 1. The molecule has 0 unspecified atom stereocenters. The van der Waals surface area contributed by atoms with E-state index in [1.165, 1.54) is 13.0 Å². The molecule has 3 nitrogen and oxygen atoms in total. The summed E-state index contributed by atoms with van der Waals surface area (Å²) in [4.78, 5) is 10.9. The Morgan fingerprint density at radius 1 is 1.40 bits per heavy atom. The van der Waals surface area contributed by atoms with Gasteiger partial charge in [-0.2, -0.15) is 0 Å². The number of rotatable bonds is 8. The van der Waals surface area contributed by atoms with Crippen molar-refractivity contribution in [3.63, 3.8) is 0 Å². The lowest BCUT2D eigenvalue weighted by Gasteiger charge is -2.09. The molecule has 0 radical (unpaired) electrons. The number of benzene rings is 1. The van der Waals surface area contributed by atoms with Gasteiger partial charge in [0.05, 0.1) is 0 Å². The first-order valence-electron chi connectivity index (χ1n) is 7.25. The van der Waals surface area contributed by atoms with Crippen LogP contribution < -0.4 is 10.1 Å². The fourth-order valence-corrected chi connectivity index (χ4v) is 1.56. The molecular formula is C16H28FNO2. The van der Waals surface area contributed by atoms with Crippen LogP contribution in [0.25, 0.3) is 0 Å². The highest BCUT2D eigenvalue weighted by molar-refractivity contribution is 5.75. The van der Waals surface area contributed by atoms with Gasteiger partial charge in [0.1, 0.15) is 24.0 Å². The Labute approximate surface area is 123 Å². The van der Waals surface area contributed by atoms with E-state index in [2.05, 4.69) is 5.32 Å². The molecule has 1 aromatic rings. The lowest BCUT2D eigenvalue weighted by molar-refractivity contribution is -0.116. The molecule has 0 aromatic heterocycles. The Morgan fingerprint density at radius 2 is 2.10 bits per heavy atom. The van der Waals surface area contributed by atoms with Crippen molar-refractivity contribution < 1.29 is 15.3 Å². The van der Waals surface area contributed by atoms with Gasteiger partial charge in [0.2, 0.25) is 0 Å². The van der Waals surface area contributed by atoms with Gasteiger partial charge in [-0.15, -0.1) is 0 Å². The average molecular weight is 285 g/mol. The number of aryl methyl sites for hydroxylation is 1. The quantitative estimate of drug-likeness (QED) is 0.742. The number of ether oxygens (including phenoxy) is 1. The number of Topliss-reactive ketones (excluding diaryl/α,β-unsaturated/α-hetero) is 1. The third-order valence-electron chi connectivity index (χ3n) is 2.56. The molecule has 4 heteroatoms. The van der Waals surface area contributed by atoms with Crippen LogP contribution in [0.1, 0.15) is 41.1 Å². The summed E-state index contributed by atoms with van der Waals surface area (Å²) in [5, 5.41) is 3.14. The molecule has 0 bridgehead atoms. The summed E-state index contributed by atoms with van der Waals surface area (Å²) in [7, 11) is 0. The van der Waals surface area contributed by atoms with Gasteiger partial charge in [0, 0.05) is 14.4 Å². The summed E-state index contributed by atoms with van der Waals surface area (Å²) in [6.45, 7) is 9.74. The number of carbonyl (C=O) groups is 1. The van der Waals surface area contributed by atoms with Gasteiger partial charge in [-0.05, 0) is 43.7 Å². The molecule has 0 saturated heterocycles. The summed E-state index contributed by atoms with van der Waals surface area (Å²) in [6, 6.07) is 4.67. The fraction of sp³-hybridized carbons (Fsp3) is 0.562. The van der Waals surface area contributed by atoms with Gasteiger partial charge in [-0.1, -0.05) is 20.8 Å². The van der Waals surface area contributed by atoms with Crippen molar-refractivity contribution >= 4 is 5.78 Å². The zero-order valence-corrected chi connectivity index (χ0v) is 13.0. The van der Waals surface area contributed by atoms with Crippen molar-refractivity contribution in [2.75, 3.05) is 19.7 Å². The number of carbonyl (C=O) groups excluding carboxylic acids is 1. The highest BCUT2D eigenvalue weighted by Gasteiger charge is 2.05. The van der Waals surface area contributed by atoms with Gasteiger partial charge in [0.15, 0.2) is 0 Å². The summed E-state index contributed by atoms with van der Waals surface area (Å²) in [6.07, 6.45) is 0.781. The zero-order chi connectivity index (χ0) is 15.4. The lowest BCUT2D eigenvalue weighted by atomic mass is 10.1. The Kier molecular flexibility index (Phi) is 10.6. The molecule has 0 aliphatic rings. The van der Waals surface area contributed by atoms with E-state index in [-0.39, 0.29) is 13.0 Å². The number of halogens is 1. The molecule has 1 N–H and O–H groups in total. The summed E-state index contributed by atoms with van der Waals surface area (Å²) < 4.78 is 19.0. The van der Waals surface area contributed by atoms with Crippen LogP contribution in [0, 0.1) is 5.82 Å². The summed E-state index contributed by atoms with van der Waals surface area (Å²) in [5.41, 5.74) is 0.533. The maximum Gasteiger partial charge on any atom is 0.130 e. The molecule has 0 fully saturated rings. The number of ketones is 1. The second-order valence-corrected chi connectivity index (χ2v) is 4.16. The first-order chi connectivity index (χ1) is 9.63. The summed E-state index contributed by atoms with van der Waals surface area (Å²) >= 11 is 0. The van der Waals surface area contributed by atoms with E-state index in [4.69, 9.17) is 4.74 Å². The van der Waals surface area contributed by atoms with E-state index in [1.54, 1.807) is 12.1 Å². The Bertz CT molecular complexity index is 400. The minimum Gasteiger partial charge on any atom is -0.492 e. The van der Waals surface area contributed by atoms with Crippen LogP contribution in [0.15, 0.2) is 18.2 Å². The van der Waals surface area contributed by atoms with Crippen molar-refractivity contribution in [1.82, 2.24) is 5.32 Å². The second-order valence-electron chi connectivity index (χ2n) is 4.16. The molecule has 1 aromatic carbocycles. The largest absolute Gasteiger partial charge is 0.492 e. The highest BCUT2D eigenvalue weighted by atomic mass is 19.1. The monoisotopic (exact) mass is 285 g/mol. The van der Waals surface area contributed by atoms with Crippen molar-refractivity contribution in [2.45, 2.75) is 40.5 Å². The maximum atomic E-state index is 13.5. The molecule has 0 aliphatic carbocycles. The Balaban J connectivity index is 0. The molecule has 0 amide bonds. The predicted molar refractivity (Wildman–Crippen MR) is 82.9 cm³/mol. The smallest absolute Gasteiger partial charge is 0.130 e. The molecule has 1 rings (SSSR count). The van der Waals surface area contributed by atoms with Crippen LogP contribution in [0.2, 0.25) is 0 Å². The normalized spacial score (nSPS) is 9.65. The average Bonchev–Trinajstić information content (AvgIpc) is 2.46. The predicted octanol–water partition coefficient (Wildman–Crippen LogP) is 3.61. The first-order valence-corrected chi connectivity index (χ1v) is 7.25. The van der Waals surface area contributed by atoms with Gasteiger partial charge in [0.25, 0.3) is 0 Å². The minimum atomic E-state index is -0.282. The van der Waals surface area contributed by atoms with Crippen molar-refractivity contribution in [2.24, 2.45) is 0 Å².